The average Bonchev–Trinajstić information content (AvgIpc) is 3.47. The fraction of sp³-hybridized carbons (Fsp3) is 0.417. The summed E-state index contributed by atoms with van der Waals surface area (Å²) in [5.41, 5.74) is 2.27. The first kappa shape index (κ1) is 21.7. The molecule has 7 heteroatoms. The zero-order valence-corrected chi connectivity index (χ0v) is 19.0. The van der Waals surface area contributed by atoms with Gasteiger partial charge in [0, 0.05) is 31.9 Å². The lowest BCUT2D eigenvalue weighted by atomic mass is 10.0. The number of morpholine rings is 1. The molecule has 0 aliphatic carbocycles. The van der Waals surface area contributed by atoms with Crippen molar-refractivity contribution in [2.75, 3.05) is 32.8 Å². The van der Waals surface area contributed by atoms with E-state index in [-0.39, 0.29) is 5.91 Å². The molecule has 0 radical (unpaired) electrons. The third-order valence-electron chi connectivity index (χ3n) is 5.54. The Morgan fingerprint density at radius 2 is 1.94 bits per heavy atom. The highest BCUT2D eigenvalue weighted by Crippen LogP contribution is 2.28. The van der Waals surface area contributed by atoms with Crippen LogP contribution in [0.4, 0.5) is 0 Å². The monoisotopic (exact) mass is 438 g/mol. The molecule has 164 valence electrons. The Labute approximate surface area is 187 Å². The van der Waals surface area contributed by atoms with Gasteiger partial charge in [-0.1, -0.05) is 38.1 Å². The Morgan fingerprint density at radius 3 is 2.61 bits per heavy atom. The lowest BCUT2D eigenvalue weighted by Gasteiger charge is -2.35. The summed E-state index contributed by atoms with van der Waals surface area (Å²) in [6, 6.07) is 14.2. The van der Waals surface area contributed by atoms with Crippen molar-refractivity contribution < 1.29 is 9.53 Å². The summed E-state index contributed by atoms with van der Waals surface area (Å²) in [6.07, 6.45) is 2.88. The number of thiophene rings is 1. The number of nitrogens with one attached hydrogen (secondary N) is 1. The van der Waals surface area contributed by atoms with E-state index in [2.05, 4.69) is 24.1 Å². The van der Waals surface area contributed by atoms with Gasteiger partial charge in [-0.05, 0) is 35.9 Å². The summed E-state index contributed by atoms with van der Waals surface area (Å²) in [7, 11) is 0. The highest BCUT2D eigenvalue weighted by Gasteiger charge is 2.24. The molecule has 3 heterocycles. The first-order valence-corrected chi connectivity index (χ1v) is 11.8. The zero-order valence-electron chi connectivity index (χ0n) is 18.2. The molecule has 6 nitrogen and oxygen atoms in total. The second-order valence-corrected chi connectivity index (χ2v) is 9.24. The van der Waals surface area contributed by atoms with Crippen molar-refractivity contribution in [3.8, 4) is 16.3 Å². The number of rotatable bonds is 8. The fourth-order valence-corrected chi connectivity index (χ4v) is 4.73. The Morgan fingerprint density at radius 1 is 1.16 bits per heavy atom. The van der Waals surface area contributed by atoms with Gasteiger partial charge in [0.15, 0.2) is 0 Å². The normalized spacial score (nSPS) is 15.8. The average molecular weight is 439 g/mol. The molecule has 3 aromatic rings. The summed E-state index contributed by atoms with van der Waals surface area (Å²) in [6.45, 7) is 8.43. The first-order valence-electron chi connectivity index (χ1n) is 10.9. The Kier molecular flexibility index (Phi) is 7.17. The van der Waals surface area contributed by atoms with Crippen LogP contribution in [0.15, 0.2) is 54.0 Å². The molecule has 1 amide bonds. The van der Waals surface area contributed by atoms with Crippen LogP contribution in [0.25, 0.3) is 16.3 Å². The van der Waals surface area contributed by atoms with Crippen molar-refractivity contribution in [3.63, 3.8) is 0 Å². The van der Waals surface area contributed by atoms with Crippen LogP contribution in [0.3, 0.4) is 0 Å². The molecule has 0 spiro atoms. The van der Waals surface area contributed by atoms with Gasteiger partial charge in [0.1, 0.15) is 5.69 Å². The fourth-order valence-electron chi connectivity index (χ4n) is 4.00. The smallest absolute Gasteiger partial charge is 0.255 e. The van der Waals surface area contributed by atoms with E-state index in [4.69, 9.17) is 9.84 Å². The number of carbonyl (C=O) groups excluding carboxylic acids is 1. The van der Waals surface area contributed by atoms with E-state index in [1.165, 1.54) is 0 Å². The van der Waals surface area contributed by atoms with Crippen molar-refractivity contribution >= 4 is 17.2 Å². The molecule has 0 bridgehead atoms. The third kappa shape index (κ3) is 5.42. The van der Waals surface area contributed by atoms with Crippen molar-refractivity contribution in [3.05, 3.63) is 59.6 Å². The standard InChI is InChI=1S/C24H30N4O2S/c1-18(2)15-20(27-10-12-30-13-11-27)16-25-24(29)21-17-28(19-7-4-3-5-8-19)26-23(21)22-9-6-14-31-22/h3-9,14,17-18,20H,10-13,15-16H2,1-2H3,(H,25,29). The predicted octanol–water partition coefficient (Wildman–Crippen LogP) is 4.08. The summed E-state index contributed by atoms with van der Waals surface area (Å²) in [5, 5.41) is 9.96. The van der Waals surface area contributed by atoms with E-state index in [9.17, 15) is 4.79 Å². The van der Waals surface area contributed by atoms with E-state index in [0.29, 0.717) is 24.1 Å². The molecular formula is C24H30N4O2S. The topological polar surface area (TPSA) is 59.4 Å². The van der Waals surface area contributed by atoms with Crippen LogP contribution in [0.5, 0.6) is 0 Å². The number of para-hydroxylation sites is 1. The van der Waals surface area contributed by atoms with Gasteiger partial charge in [-0.15, -0.1) is 11.3 Å². The number of ether oxygens (including phenoxy) is 1. The molecule has 1 aliphatic heterocycles. The van der Waals surface area contributed by atoms with Gasteiger partial charge >= 0.3 is 0 Å². The van der Waals surface area contributed by atoms with E-state index in [1.807, 2.05) is 54.0 Å². The van der Waals surface area contributed by atoms with Crippen LogP contribution in [-0.2, 0) is 4.74 Å². The minimum absolute atomic E-state index is 0.0763. The SMILES string of the molecule is CC(C)CC(CNC(=O)c1cn(-c2ccccc2)nc1-c1cccs1)N1CCOCC1. The van der Waals surface area contributed by atoms with Gasteiger partial charge < -0.3 is 10.1 Å². The first-order chi connectivity index (χ1) is 15.1. The molecule has 1 atom stereocenters. The second kappa shape index (κ2) is 10.2. The minimum Gasteiger partial charge on any atom is -0.379 e. The summed E-state index contributed by atoms with van der Waals surface area (Å²) >= 11 is 1.59. The molecule has 1 aromatic carbocycles. The Bertz CT molecular complexity index is 963. The molecule has 1 fully saturated rings. The summed E-state index contributed by atoms with van der Waals surface area (Å²) in [5.74, 6) is 0.486. The minimum atomic E-state index is -0.0763. The molecule has 0 saturated carbocycles. The van der Waals surface area contributed by atoms with Crippen molar-refractivity contribution in [1.29, 1.82) is 0 Å². The molecule has 2 aromatic heterocycles. The third-order valence-corrected chi connectivity index (χ3v) is 6.41. The van der Waals surface area contributed by atoms with Crippen LogP contribution in [-0.4, -0.2) is 59.5 Å². The Balaban J connectivity index is 1.54. The molecule has 1 aliphatic rings. The lowest BCUT2D eigenvalue weighted by molar-refractivity contribution is 0.0124. The maximum atomic E-state index is 13.3. The number of hydrogen-bond acceptors (Lipinski definition) is 5. The maximum Gasteiger partial charge on any atom is 0.255 e. The highest BCUT2D eigenvalue weighted by molar-refractivity contribution is 7.13. The molecule has 1 unspecified atom stereocenters. The van der Waals surface area contributed by atoms with Crippen LogP contribution < -0.4 is 5.32 Å². The zero-order chi connectivity index (χ0) is 21.6. The van der Waals surface area contributed by atoms with Gasteiger partial charge in [0.25, 0.3) is 5.91 Å². The van der Waals surface area contributed by atoms with E-state index in [1.54, 1.807) is 16.0 Å². The predicted molar refractivity (Wildman–Crippen MR) is 125 cm³/mol. The molecule has 1 N–H and O–H groups in total. The van der Waals surface area contributed by atoms with E-state index < -0.39 is 0 Å². The Hall–Kier alpha value is -2.48. The second-order valence-electron chi connectivity index (χ2n) is 8.29. The quantitative estimate of drug-likeness (QED) is 0.576. The molecule has 4 rings (SSSR count). The molecule has 1 saturated heterocycles. The molecule has 31 heavy (non-hydrogen) atoms. The van der Waals surface area contributed by atoms with Gasteiger partial charge in [-0.3, -0.25) is 9.69 Å². The van der Waals surface area contributed by atoms with Gasteiger partial charge in [0.2, 0.25) is 0 Å². The van der Waals surface area contributed by atoms with Crippen molar-refractivity contribution in [2.45, 2.75) is 26.3 Å². The van der Waals surface area contributed by atoms with E-state index >= 15 is 0 Å². The highest BCUT2D eigenvalue weighted by atomic mass is 32.1. The van der Waals surface area contributed by atoms with E-state index in [0.717, 1.165) is 49.0 Å². The maximum absolute atomic E-state index is 13.3. The number of nitrogens with zero attached hydrogens (tertiary/aromatic N) is 3. The van der Waals surface area contributed by atoms with Gasteiger partial charge in [0.05, 0.1) is 29.3 Å². The van der Waals surface area contributed by atoms with Crippen LogP contribution in [0, 0.1) is 5.92 Å². The number of hydrogen-bond donors (Lipinski definition) is 1. The summed E-state index contributed by atoms with van der Waals surface area (Å²) in [4.78, 5) is 16.7. The van der Waals surface area contributed by atoms with Crippen molar-refractivity contribution in [1.82, 2.24) is 20.0 Å². The van der Waals surface area contributed by atoms with Gasteiger partial charge in [-0.25, -0.2) is 4.68 Å². The number of aromatic nitrogens is 2. The summed E-state index contributed by atoms with van der Waals surface area (Å²) < 4.78 is 7.30. The molecular weight excluding hydrogens is 408 g/mol. The largest absolute Gasteiger partial charge is 0.379 e. The lowest BCUT2D eigenvalue weighted by Crippen LogP contribution is -2.49. The number of carbonyl (C=O) groups is 1. The van der Waals surface area contributed by atoms with Crippen molar-refractivity contribution in [2.24, 2.45) is 5.92 Å². The van der Waals surface area contributed by atoms with Crippen LogP contribution >= 0.6 is 11.3 Å². The number of amides is 1. The number of benzene rings is 1. The van der Waals surface area contributed by atoms with Crippen LogP contribution in [0.1, 0.15) is 30.6 Å². The van der Waals surface area contributed by atoms with Gasteiger partial charge in [-0.2, -0.15) is 5.10 Å². The van der Waals surface area contributed by atoms with Crippen LogP contribution in [0.2, 0.25) is 0 Å².